The molecule has 4 bridgehead atoms. The Morgan fingerprint density at radius 1 is 0.687 bits per heavy atom. The Morgan fingerprint density at radius 3 is 1.57 bits per heavy atom. The molecule has 19 heteroatoms. The molecule has 4 heterocycles. The molecule has 10 rings (SSSR count). The van der Waals surface area contributed by atoms with Gasteiger partial charge in [0.05, 0.1) is 50.3 Å². The van der Waals surface area contributed by atoms with Crippen LogP contribution in [0.1, 0.15) is 38.5 Å². The van der Waals surface area contributed by atoms with Crippen LogP contribution in [0.25, 0.3) is 21.8 Å². The van der Waals surface area contributed by atoms with Gasteiger partial charge < -0.3 is 35.6 Å². The average molecular weight is 998 g/mol. The van der Waals surface area contributed by atoms with Gasteiger partial charge in [-0.3, -0.25) is 10.1 Å². The van der Waals surface area contributed by atoms with E-state index in [2.05, 4.69) is 54.5 Å². The molecule has 4 atom stereocenters. The fraction of sp³-hybridized carbons (Fsp3) is 0.417. The molecule has 2 aromatic heterocycles. The van der Waals surface area contributed by atoms with Crippen LogP contribution in [0.15, 0.2) is 73.3 Å². The molecule has 0 amide bonds. The predicted octanol–water partition coefficient (Wildman–Crippen LogP) is 10.5. The van der Waals surface area contributed by atoms with E-state index < -0.39 is 16.6 Å². The van der Waals surface area contributed by atoms with E-state index in [0.29, 0.717) is 76.3 Å². The zero-order chi connectivity index (χ0) is 46.1. The minimum atomic E-state index is -0.537. The summed E-state index contributed by atoms with van der Waals surface area (Å²) in [5, 5.41) is 19.2. The van der Waals surface area contributed by atoms with E-state index in [9.17, 15) is 18.9 Å². The molecule has 0 radical (unpaired) electrons. The van der Waals surface area contributed by atoms with Crippen LogP contribution >= 0.6 is 23.2 Å². The molecule has 6 aromatic rings. The molecule has 0 spiro atoms. The molecule has 4 unspecified atom stereocenters. The Bertz CT molecular complexity index is 2730. The Kier molecular flexibility index (Phi) is 15.1. The Hall–Kier alpha value is -5.16. The fourth-order valence-electron chi connectivity index (χ4n) is 10.9. The van der Waals surface area contributed by atoms with Gasteiger partial charge >= 0.3 is 5.69 Å². The molecule has 2 saturated carbocycles. The number of piperidine rings is 2. The number of hydrogen-bond donors (Lipinski definition) is 3. The number of rotatable bonds is 13. The summed E-state index contributed by atoms with van der Waals surface area (Å²) in [6.07, 6.45) is 9.97. The van der Waals surface area contributed by atoms with Gasteiger partial charge in [0.1, 0.15) is 41.7 Å². The van der Waals surface area contributed by atoms with E-state index in [1.807, 2.05) is 12.1 Å². The third kappa shape index (κ3) is 10.9. The Labute approximate surface area is 407 Å². The van der Waals surface area contributed by atoms with Crippen LogP contribution in [0.5, 0.6) is 11.5 Å². The summed E-state index contributed by atoms with van der Waals surface area (Å²) in [4.78, 5) is 33.4. The van der Waals surface area contributed by atoms with Gasteiger partial charge in [-0.25, -0.2) is 28.7 Å². The van der Waals surface area contributed by atoms with Gasteiger partial charge in [-0.15, -0.1) is 0 Å². The number of nitrogens with zero attached hydrogens (tertiary/aromatic N) is 7. The maximum atomic E-state index is 13.5. The van der Waals surface area contributed by atoms with E-state index in [4.69, 9.17) is 38.4 Å². The molecule has 4 aliphatic rings. The number of nitro groups is 1. The van der Waals surface area contributed by atoms with E-state index in [1.54, 1.807) is 12.1 Å². The van der Waals surface area contributed by atoms with Crippen molar-refractivity contribution < 1.29 is 40.2 Å². The standard InChI is InChI=1S/C24H25ClFN5O3.C24H27ClFN5O.Fe/c1-30-11-14-2-3-15(12-30)17(14)6-7-34-23-10-21-18(9-22(23)31(32)33)24(28-13-27-21)29-16-4-5-20(26)19(25)8-16;1-31-11-14-2-3-15(12-31)17(14)6-7-32-23-10-22-18(9-21(23)27)24(29-13-28-22)30-16-4-5-20(26)19(25)8-16;/h4-5,8-10,13-15,17H,2-3,6-7,11-12H2,1H3,(H,27,28,29);4-5,8-10,13-15,17H,2-3,6-7,11-12,27H2,1H3,(H,28,29,30);. The number of nitrogens with two attached hydrogens (primary N) is 1. The minimum Gasteiger partial charge on any atom is -0.491 e. The number of anilines is 5. The second-order valence-electron chi connectivity index (χ2n) is 18.2. The van der Waals surface area contributed by atoms with Gasteiger partial charge in [-0.1, -0.05) is 23.2 Å². The van der Waals surface area contributed by atoms with Gasteiger partial charge in [0.2, 0.25) is 0 Å². The summed E-state index contributed by atoms with van der Waals surface area (Å²) in [7, 11) is 4.40. The number of nitrogen functional groups attached to an aromatic ring is 1. The van der Waals surface area contributed by atoms with Gasteiger partial charge in [0.15, 0.2) is 5.75 Å². The zero-order valence-corrected chi connectivity index (χ0v) is 39.7. The van der Waals surface area contributed by atoms with Crippen LogP contribution in [-0.2, 0) is 17.1 Å². The quantitative estimate of drug-likeness (QED) is 0.0433. The van der Waals surface area contributed by atoms with Crippen molar-refractivity contribution in [3.8, 4) is 11.5 Å². The number of nitrogens with one attached hydrogen (secondary N) is 2. The summed E-state index contributed by atoms with van der Waals surface area (Å²) in [6, 6.07) is 15.3. The van der Waals surface area contributed by atoms with Crippen molar-refractivity contribution in [2.45, 2.75) is 38.5 Å². The van der Waals surface area contributed by atoms with Gasteiger partial charge in [0, 0.05) is 78.2 Å². The normalized spacial score (nSPS) is 22.2. The molecule has 2 saturated heterocycles. The minimum absolute atomic E-state index is 0. The third-order valence-corrected chi connectivity index (χ3v) is 14.5. The number of halogens is 4. The fourth-order valence-corrected chi connectivity index (χ4v) is 11.2. The first-order chi connectivity index (χ1) is 31.9. The molecule has 2 aliphatic carbocycles. The largest absolute Gasteiger partial charge is 0.491 e. The van der Waals surface area contributed by atoms with E-state index in [0.717, 1.165) is 54.6 Å². The first-order valence-corrected chi connectivity index (χ1v) is 23.2. The number of aromatic nitrogens is 4. The van der Waals surface area contributed by atoms with Crippen LogP contribution in [-0.4, -0.2) is 88.1 Å². The topological polar surface area (TPSA) is 170 Å². The van der Waals surface area contributed by atoms with Gasteiger partial charge in [-0.2, -0.15) is 0 Å². The molecular weight excluding hydrogens is 945 g/mol. The number of likely N-dealkylation sites (tertiary alicyclic amines) is 2. The monoisotopic (exact) mass is 996 g/mol. The van der Waals surface area contributed by atoms with Crippen molar-refractivity contribution in [3.05, 3.63) is 105 Å². The number of nitro benzene ring substituents is 1. The Balaban J connectivity index is 0.000000179. The molecule has 354 valence electrons. The van der Waals surface area contributed by atoms with Crippen LogP contribution in [0.2, 0.25) is 10.0 Å². The maximum absolute atomic E-state index is 13.5. The van der Waals surface area contributed by atoms with E-state index >= 15 is 0 Å². The molecule has 4 fully saturated rings. The van der Waals surface area contributed by atoms with E-state index in [-0.39, 0.29) is 38.6 Å². The van der Waals surface area contributed by atoms with Crippen LogP contribution in [0, 0.1) is 57.3 Å². The molecule has 2 aliphatic heterocycles. The number of ether oxygens (including phenoxy) is 2. The zero-order valence-electron chi connectivity index (χ0n) is 37.1. The smallest absolute Gasteiger partial charge is 0.311 e. The molecule has 4 N–H and O–H groups in total. The van der Waals surface area contributed by atoms with Crippen molar-refractivity contribution in [3.63, 3.8) is 0 Å². The van der Waals surface area contributed by atoms with Crippen LogP contribution in [0.3, 0.4) is 0 Å². The second-order valence-corrected chi connectivity index (χ2v) is 19.0. The van der Waals surface area contributed by atoms with Crippen molar-refractivity contribution >= 4 is 79.4 Å². The van der Waals surface area contributed by atoms with E-state index in [1.165, 1.54) is 87.8 Å². The van der Waals surface area contributed by atoms with Crippen molar-refractivity contribution in [2.75, 3.05) is 69.9 Å². The van der Waals surface area contributed by atoms with Crippen LogP contribution < -0.4 is 25.8 Å². The molecule has 67 heavy (non-hydrogen) atoms. The first-order valence-electron chi connectivity index (χ1n) is 22.4. The summed E-state index contributed by atoms with van der Waals surface area (Å²) in [5.41, 5.74) is 9.06. The molecule has 4 aromatic carbocycles. The van der Waals surface area contributed by atoms with Crippen molar-refractivity contribution in [2.24, 2.45) is 35.5 Å². The van der Waals surface area contributed by atoms with Crippen LogP contribution in [0.4, 0.5) is 43.2 Å². The summed E-state index contributed by atoms with van der Waals surface area (Å²) in [5.74, 6) is 5.05. The van der Waals surface area contributed by atoms with Crippen molar-refractivity contribution in [1.82, 2.24) is 29.7 Å². The summed E-state index contributed by atoms with van der Waals surface area (Å²) < 4.78 is 39.0. The van der Waals surface area contributed by atoms with Gasteiger partial charge in [-0.05, 0) is 131 Å². The molecular formula is C48H52Cl2F2FeN10O4. The summed E-state index contributed by atoms with van der Waals surface area (Å²) >= 11 is 11.8. The maximum Gasteiger partial charge on any atom is 0.311 e. The van der Waals surface area contributed by atoms with Gasteiger partial charge in [0.25, 0.3) is 0 Å². The number of fused-ring (bicyclic) bond motifs is 6. The third-order valence-electron chi connectivity index (χ3n) is 13.9. The predicted molar refractivity (Wildman–Crippen MR) is 254 cm³/mol. The average Bonchev–Trinajstić information content (AvgIpc) is 3.68. The SMILES string of the molecule is CN1CC2CCC(C1)C2CCOc1cc2ncnc(Nc3ccc(F)c(Cl)c3)c2cc1N.CN1CC2CCC(C1)C2CCOc1cc2ncnc(Nc3ccc(F)c(Cl)c3)c2cc1[N+](=O)[O-].[Fe]. The summed E-state index contributed by atoms with van der Waals surface area (Å²) in [6.45, 7) is 5.71. The first kappa shape index (κ1) is 48.3. The molecule has 14 nitrogen and oxygen atoms in total. The van der Waals surface area contributed by atoms with Crippen molar-refractivity contribution in [1.29, 1.82) is 0 Å². The number of hydrogen-bond acceptors (Lipinski definition) is 13. The number of benzene rings is 4. The Morgan fingerprint density at radius 2 is 1.12 bits per heavy atom. The second kappa shape index (κ2) is 21.0.